The van der Waals surface area contributed by atoms with Crippen LogP contribution in [-0.4, -0.2) is 24.5 Å². The fourth-order valence-electron chi connectivity index (χ4n) is 2.81. The highest BCUT2D eigenvalue weighted by Gasteiger charge is 2.29. The summed E-state index contributed by atoms with van der Waals surface area (Å²) < 4.78 is 5.61. The van der Waals surface area contributed by atoms with Gasteiger partial charge in [0.1, 0.15) is 11.5 Å². The van der Waals surface area contributed by atoms with Gasteiger partial charge in [0.25, 0.3) is 0 Å². The van der Waals surface area contributed by atoms with E-state index < -0.39 is 0 Å². The van der Waals surface area contributed by atoms with Gasteiger partial charge in [0, 0.05) is 6.04 Å². The summed E-state index contributed by atoms with van der Waals surface area (Å²) in [6.07, 6.45) is 3.87. The van der Waals surface area contributed by atoms with Gasteiger partial charge in [0.2, 0.25) is 0 Å². The predicted octanol–water partition coefficient (Wildman–Crippen LogP) is 2.15. The Hall–Kier alpha value is -0.800. The maximum absolute atomic E-state index is 5.81. The van der Waals surface area contributed by atoms with Gasteiger partial charge in [-0.1, -0.05) is 6.42 Å². The van der Waals surface area contributed by atoms with Gasteiger partial charge in [-0.3, -0.25) is 4.90 Å². The van der Waals surface area contributed by atoms with Gasteiger partial charge in [-0.25, -0.2) is 0 Å². The van der Waals surface area contributed by atoms with Crippen molar-refractivity contribution in [2.75, 3.05) is 13.6 Å². The Morgan fingerprint density at radius 2 is 2.25 bits per heavy atom. The Labute approximate surface area is 97.6 Å². The summed E-state index contributed by atoms with van der Waals surface area (Å²) in [7, 11) is 2.18. The van der Waals surface area contributed by atoms with Gasteiger partial charge in [-0.15, -0.1) is 0 Å². The summed E-state index contributed by atoms with van der Waals surface area (Å²) in [5.74, 6) is 2.72. The molecule has 1 saturated carbocycles. The van der Waals surface area contributed by atoms with Gasteiger partial charge in [0.05, 0.1) is 6.54 Å². The molecule has 2 N–H and O–H groups in total. The maximum atomic E-state index is 5.81. The van der Waals surface area contributed by atoms with E-state index in [0.717, 1.165) is 24.6 Å². The number of nitrogens with zero attached hydrogens (tertiary/aromatic N) is 1. The average molecular weight is 222 g/mol. The third kappa shape index (κ3) is 2.47. The normalized spacial score (nSPS) is 25.5. The van der Waals surface area contributed by atoms with E-state index >= 15 is 0 Å². The lowest BCUT2D eigenvalue weighted by Crippen LogP contribution is -2.37. The number of nitrogens with two attached hydrogens (primary N) is 1. The van der Waals surface area contributed by atoms with Crippen LogP contribution in [0.1, 0.15) is 30.8 Å². The zero-order valence-corrected chi connectivity index (χ0v) is 10.3. The molecule has 3 nitrogen and oxygen atoms in total. The molecule has 2 unspecified atom stereocenters. The molecule has 16 heavy (non-hydrogen) atoms. The van der Waals surface area contributed by atoms with E-state index in [0.29, 0.717) is 12.0 Å². The lowest BCUT2D eigenvalue weighted by atomic mass is 10.0. The van der Waals surface area contributed by atoms with Crippen molar-refractivity contribution in [1.29, 1.82) is 0 Å². The van der Waals surface area contributed by atoms with E-state index in [1.807, 2.05) is 13.0 Å². The molecular formula is C13H22N2O. The second-order valence-corrected chi connectivity index (χ2v) is 4.92. The lowest BCUT2D eigenvalue weighted by molar-refractivity contribution is 0.179. The lowest BCUT2D eigenvalue weighted by Gasteiger charge is -2.28. The van der Waals surface area contributed by atoms with Gasteiger partial charge >= 0.3 is 0 Å². The first-order valence-electron chi connectivity index (χ1n) is 6.16. The van der Waals surface area contributed by atoms with Crippen molar-refractivity contribution in [3.05, 3.63) is 23.7 Å². The van der Waals surface area contributed by atoms with Crippen molar-refractivity contribution >= 4 is 0 Å². The van der Waals surface area contributed by atoms with Crippen LogP contribution in [0.4, 0.5) is 0 Å². The largest absolute Gasteiger partial charge is 0.465 e. The molecule has 0 radical (unpaired) electrons. The van der Waals surface area contributed by atoms with Crippen LogP contribution in [0.5, 0.6) is 0 Å². The smallest absolute Gasteiger partial charge is 0.118 e. The summed E-state index contributed by atoms with van der Waals surface area (Å²) in [5, 5.41) is 0. The highest BCUT2D eigenvalue weighted by molar-refractivity contribution is 5.05. The quantitative estimate of drug-likeness (QED) is 0.848. The first-order chi connectivity index (χ1) is 7.70. The monoisotopic (exact) mass is 222 g/mol. The molecule has 1 heterocycles. The molecule has 90 valence electrons. The Morgan fingerprint density at radius 1 is 1.44 bits per heavy atom. The van der Waals surface area contributed by atoms with Crippen molar-refractivity contribution in [1.82, 2.24) is 4.90 Å². The van der Waals surface area contributed by atoms with Crippen LogP contribution >= 0.6 is 0 Å². The van der Waals surface area contributed by atoms with E-state index in [9.17, 15) is 0 Å². The summed E-state index contributed by atoms with van der Waals surface area (Å²) in [5.41, 5.74) is 5.81. The standard InChI is InChI=1S/C13H22N2O/c1-10-6-7-12(16-10)9-15(2)13-5-3-4-11(13)8-14/h6-7,11,13H,3-5,8-9,14H2,1-2H3. The van der Waals surface area contributed by atoms with Crippen molar-refractivity contribution < 1.29 is 4.42 Å². The minimum Gasteiger partial charge on any atom is -0.465 e. The van der Waals surface area contributed by atoms with Crippen molar-refractivity contribution in [2.45, 2.75) is 38.8 Å². The minimum absolute atomic E-state index is 0.635. The number of hydrogen-bond donors (Lipinski definition) is 1. The highest BCUT2D eigenvalue weighted by atomic mass is 16.3. The fraction of sp³-hybridized carbons (Fsp3) is 0.692. The van der Waals surface area contributed by atoms with Crippen LogP contribution in [0.25, 0.3) is 0 Å². The highest BCUT2D eigenvalue weighted by Crippen LogP contribution is 2.29. The molecule has 3 heteroatoms. The van der Waals surface area contributed by atoms with Crippen LogP contribution in [0.15, 0.2) is 16.5 Å². The average Bonchev–Trinajstić information content (AvgIpc) is 2.86. The van der Waals surface area contributed by atoms with Gasteiger partial charge in [-0.2, -0.15) is 0 Å². The SMILES string of the molecule is Cc1ccc(CN(C)C2CCCC2CN)o1. The van der Waals surface area contributed by atoms with Gasteiger partial charge in [-0.05, 0) is 51.4 Å². The molecule has 0 bridgehead atoms. The summed E-state index contributed by atoms with van der Waals surface area (Å²) in [4.78, 5) is 2.39. The molecule has 1 aliphatic carbocycles. The third-order valence-electron chi connectivity index (χ3n) is 3.69. The van der Waals surface area contributed by atoms with E-state index in [-0.39, 0.29) is 0 Å². The van der Waals surface area contributed by atoms with Crippen LogP contribution in [0.3, 0.4) is 0 Å². The minimum atomic E-state index is 0.635. The Morgan fingerprint density at radius 3 is 2.88 bits per heavy atom. The fourth-order valence-corrected chi connectivity index (χ4v) is 2.81. The Kier molecular flexibility index (Phi) is 3.66. The number of furan rings is 1. The molecule has 1 aromatic rings. The van der Waals surface area contributed by atoms with E-state index in [1.54, 1.807) is 0 Å². The first-order valence-corrected chi connectivity index (χ1v) is 6.16. The summed E-state index contributed by atoms with van der Waals surface area (Å²) >= 11 is 0. The predicted molar refractivity (Wildman–Crippen MR) is 65.1 cm³/mol. The molecule has 0 saturated heterocycles. The van der Waals surface area contributed by atoms with Crippen LogP contribution in [0, 0.1) is 12.8 Å². The Bertz CT molecular complexity index is 334. The topological polar surface area (TPSA) is 42.4 Å². The number of hydrogen-bond acceptors (Lipinski definition) is 3. The molecule has 1 aromatic heterocycles. The van der Waals surface area contributed by atoms with E-state index in [4.69, 9.17) is 10.2 Å². The molecule has 1 fully saturated rings. The van der Waals surface area contributed by atoms with Crippen molar-refractivity contribution in [3.8, 4) is 0 Å². The molecule has 2 rings (SSSR count). The second-order valence-electron chi connectivity index (χ2n) is 4.92. The molecule has 0 spiro atoms. The second kappa shape index (κ2) is 5.02. The molecule has 2 atom stereocenters. The molecule has 0 aliphatic heterocycles. The van der Waals surface area contributed by atoms with Crippen molar-refractivity contribution in [2.24, 2.45) is 11.7 Å². The summed E-state index contributed by atoms with van der Waals surface area (Å²) in [6.45, 7) is 3.70. The van der Waals surface area contributed by atoms with Crippen LogP contribution in [0.2, 0.25) is 0 Å². The van der Waals surface area contributed by atoms with E-state index in [2.05, 4.69) is 18.0 Å². The maximum Gasteiger partial charge on any atom is 0.118 e. The molecule has 0 amide bonds. The number of rotatable bonds is 4. The van der Waals surface area contributed by atoms with Gasteiger partial charge in [0.15, 0.2) is 0 Å². The zero-order chi connectivity index (χ0) is 11.5. The molecule has 1 aliphatic rings. The molecule has 0 aromatic carbocycles. The summed E-state index contributed by atoms with van der Waals surface area (Å²) in [6, 6.07) is 4.73. The van der Waals surface area contributed by atoms with Crippen LogP contribution < -0.4 is 5.73 Å². The van der Waals surface area contributed by atoms with Gasteiger partial charge < -0.3 is 10.2 Å². The number of aryl methyl sites for hydroxylation is 1. The molecular weight excluding hydrogens is 200 g/mol. The third-order valence-corrected chi connectivity index (χ3v) is 3.69. The zero-order valence-electron chi connectivity index (χ0n) is 10.3. The van der Waals surface area contributed by atoms with Crippen LogP contribution in [-0.2, 0) is 6.54 Å². The Balaban J connectivity index is 1.94. The first kappa shape index (κ1) is 11.7. The van der Waals surface area contributed by atoms with E-state index in [1.165, 1.54) is 19.3 Å². The van der Waals surface area contributed by atoms with Crippen molar-refractivity contribution in [3.63, 3.8) is 0 Å².